The van der Waals surface area contributed by atoms with E-state index in [0.717, 1.165) is 94.1 Å². The molecular formula is C30H43ClN4O. The number of anilines is 1. The zero-order valence-electron chi connectivity index (χ0n) is 22.1. The van der Waals surface area contributed by atoms with Crippen LogP contribution in [0.15, 0.2) is 42.5 Å². The Morgan fingerprint density at radius 3 is 2.50 bits per heavy atom. The SMILES string of the molecule is CC(C)CNc1cccc(C2CCN(CCCNC(=O)C3(c4ccc(Cl)cc4)CCCCC3)CC2)n1. The molecule has 0 radical (unpaired) electrons. The molecule has 2 aromatic rings. The van der Waals surface area contributed by atoms with Crippen molar-refractivity contribution in [2.75, 3.05) is 38.0 Å². The fourth-order valence-electron chi connectivity index (χ4n) is 5.78. The number of hydrogen-bond donors (Lipinski definition) is 2. The molecular weight excluding hydrogens is 468 g/mol. The first-order valence-electron chi connectivity index (χ1n) is 13.9. The molecule has 0 atom stereocenters. The van der Waals surface area contributed by atoms with Crippen LogP contribution in [-0.2, 0) is 10.2 Å². The molecule has 6 heteroatoms. The summed E-state index contributed by atoms with van der Waals surface area (Å²) < 4.78 is 0. The average Bonchev–Trinajstić information content (AvgIpc) is 2.91. The number of pyridine rings is 1. The lowest BCUT2D eigenvalue weighted by Crippen LogP contribution is -2.46. The van der Waals surface area contributed by atoms with E-state index in [2.05, 4.69) is 47.6 Å². The number of rotatable bonds is 10. The minimum atomic E-state index is -0.396. The van der Waals surface area contributed by atoms with Crippen LogP contribution in [0.3, 0.4) is 0 Å². The van der Waals surface area contributed by atoms with E-state index >= 15 is 0 Å². The zero-order chi connectivity index (χ0) is 25.4. The van der Waals surface area contributed by atoms with Crippen molar-refractivity contribution in [3.63, 3.8) is 0 Å². The second-order valence-electron chi connectivity index (χ2n) is 11.1. The van der Waals surface area contributed by atoms with Crippen LogP contribution in [0, 0.1) is 5.92 Å². The number of nitrogens with one attached hydrogen (secondary N) is 2. The summed E-state index contributed by atoms with van der Waals surface area (Å²) >= 11 is 6.11. The molecule has 36 heavy (non-hydrogen) atoms. The third kappa shape index (κ3) is 7.01. The van der Waals surface area contributed by atoms with E-state index in [0.29, 0.717) is 11.8 Å². The Kier molecular flexibility index (Phi) is 9.66. The quantitative estimate of drug-likeness (QED) is 0.363. The Bertz CT molecular complexity index is 963. The van der Waals surface area contributed by atoms with Gasteiger partial charge in [-0.15, -0.1) is 0 Å². The molecule has 1 saturated heterocycles. The molecule has 1 aliphatic carbocycles. The second-order valence-corrected chi connectivity index (χ2v) is 11.5. The molecule has 5 nitrogen and oxygen atoms in total. The van der Waals surface area contributed by atoms with Gasteiger partial charge in [-0.05, 0) is 87.5 Å². The molecule has 2 N–H and O–H groups in total. The van der Waals surface area contributed by atoms with Gasteiger partial charge in [0.05, 0.1) is 5.41 Å². The van der Waals surface area contributed by atoms with E-state index in [9.17, 15) is 4.79 Å². The van der Waals surface area contributed by atoms with Crippen LogP contribution in [0.2, 0.25) is 5.02 Å². The number of amides is 1. The van der Waals surface area contributed by atoms with Gasteiger partial charge in [0.1, 0.15) is 5.82 Å². The average molecular weight is 511 g/mol. The molecule has 196 valence electrons. The van der Waals surface area contributed by atoms with Gasteiger partial charge in [-0.25, -0.2) is 4.98 Å². The Hall–Kier alpha value is -2.11. The fraction of sp³-hybridized carbons (Fsp3) is 0.600. The number of carbonyl (C=O) groups excluding carboxylic acids is 1. The Labute approximate surface area is 222 Å². The van der Waals surface area contributed by atoms with Crippen LogP contribution in [0.1, 0.15) is 82.4 Å². The highest BCUT2D eigenvalue weighted by Gasteiger charge is 2.40. The van der Waals surface area contributed by atoms with Gasteiger partial charge < -0.3 is 15.5 Å². The lowest BCUT2D eigenvalue weighted by atomic mass is 9.68. The topological polar surface area (TPSA) is 57.3 Å². The summed E-state index contributed by atoms with van der Waals surface area (Å²) in [5, 5.41) is 7.47. The number of benzene rings is 1. The molecule has 0 unspecified atom stereocenters. The summed E-state index contributed by atoms with van der Waals surface area (Å²) in [6, 6.07) is 14.3. The summed E-state index contributed by atoms with van der Waals surface area (Å²) in [6.45, 7) is 9.34. The van der Waals surface area contributed by atoms with Crippen molar-refractivity contribution in [1.29, 1.82) is 0 Å². The third-order valence-electron chi connectivity index (χ3n) is 7.94. The maximum absolute atomic E-state index is 13.4. The van der Waals surface area contributed by atoms with E-state index < -0.39 is 5.41 Å². The molecule has 1 amide bonds. The molecule has 0 bridgehead atoms. The van der Waals surface area contributed by atoms with Gasteiger partial charge in [0, 0.05) is 29.7 Å². The fourth-order valence-corrected chi connectivity index (χ4v) is 5.91. The predicted molar refractivity (Wildman–Crippen MR) is 150 cm³/mol. The number of carbonyl (C=O) groups is 1. The monoisotopic (exact) mass is 510 g/mol. The first-order chi connectivity index (χ1) is 17.5. The number of piperidine rings is 1. The maximum Gasteiger partial charge on any atom is 0.230 e. The van der Waals surface area contributed by atoms with Crippen LogP contribution in [0.4, 0.5) is 5.82 Å². The number of aromatic nitrogens is 1. The van der Waals surface area contributed by atoms with Crippen molar-refractivity contribution in [3.05, 3.63) is 58.7 Å². The Balaban J connectivity index is 1.22. The van der Waals surface area contributed by atoms with Gasteiger partial charge in [0.25, 0.3) is 0 Å². The highest BCUT2D eigenvalue weighted by atomic mass is 35.5. The minimum Gasteiger partial charge on any atom is -0.370 e. The van der Waals surface area contributed by atoms with Crippen molar-refractivity contribution >= 4 is 23.3 Å². The molecule has 1 saturated carbocycles. The highest BCUT2D eigenvalue weighted by Crippen LogP contribution is 2.40. The number of likely N-dealkylation sites (tertiary alicyclic amines) is 1. The first-order valence-corrected chi connectivity index (χ1v) is 14.3. The lowest BCUT2D eigenvalue weighted by molar-refractivity contribution is -0.128. The molecule has 2 fully saturated rings. The van der Waals surface area contributed by atoms with Crippen LogP contribution in [0.5, 0.6) is 0 Å². The van der Waals surface area contributed by atoms with Gasteiger partial charge in [0.15, 0.2) is 0 Å². The van der Waals surface area contributed by atoms with Crippen molar-refractivity contribution in [1.82, 2.24) is 15.2 Å². The first kappa shape index (κ1) is 26.9. The molecule has 1 aromatic carbocycles. The maximum atomic E-state index is 13.4. The van der Waals surface area contributed by atoms with Crippen molar-refractivity contribution < 1.29 is 4.79 Å². The molecule has 4 rings (SSSR count). The summed E-state index contributed by atoms with van der Waals surface area (Å²) in [7, 11) is 0. The van der Waals surface area contributed by atoms with Crippen LogP contribution in [0.25, 0.3) is 0 Å². The number of hydrogen-bond acceptors (Lipinski definition) is 4. The van der Waals surface area contributed by atoms with Crippen LogP contribution < -0.4 is 10.6 Å². The van der Waals surface area contributed by atoms with Crippen molar-refractivity contribution in [2.24, 2.45) is 5.92 Å². The molecule has 2 heterocycles. The normalized spacial score (nSPS) is 18.8. The third-order valence-corrected chi connectivity index (χ3v) is 8.20. The standard InChI is InChI=1S/C30H43ClN4O/c1-23(2)22-33-28-9-6-8-27(34-28)24-14-20-35(21-15-24)19-7-18-32-29(36)30(16-4-3-5-17-30)25-10-12-26(31)13-11-25/h6,8-13,23-24H,3-5,7,14-22H2,1-2H3,(H,32,36)(H,33,34). The van der Waals surface area contributed by atoms with E-state index in [-0.39, 0.29) is 5.91 Å². The summed E-state index contributed by atoms with van der Waals surface area (Å²) in [4.78, 5) is 20.8. The molecule has 1 aromatic heterocycles. The highest BCUT2D eigenvalue weighted by molar-refractivity contribution is 6.30. The van der Waals surface area contributed by atoms with Gasteiger partial charge in [-0.3, -0.25) is 4.79 Å². The van der Waals surface area contributed by atoms with E-state index in [1.807, 2.05) is 24.3 Å². The number of halogens is 1. The van der Waals surface area contributed by atoms with E-state index in [1.165, 1.54) is 12.1 Å². The largest absolute Gasteiger partial charge is 0.370 e. The van der Waals surface area contributed by atoms with E-state index in [4.69, 9.17) is 16.6 Å². The predicted octanol–water partition coefficient (Wildman–Crippen LogP) is 6.39. The molecule has 0 spiro atoms. The van der Waals surface area contributed by atoms with Gasteiger partial charge in [0.2, 0.25) is 5.91 Å². The van der Waals surface area contributed by atoms with Crippen molar-refractivity contribution in [2.45, 2.75) is 76.5 Å². The lowest BCUT2D eigenvalue weighted by Gasteiger charge is -2.36. The second kappa shape index (κ2) is 12.9. The molecule has 1 aliphatic heterocycles. The van der Waals surface area contributed by atoms with Crippen LogP contribution >= 0.6 is 11.6 Å². The number of nitrogens with zero attached hydrogens (tertiary/aromatic N) is 2. The van der Waals surface area contributed by atoms with E-state index in [1.54, 1.807) is 0 Å². The zero-order valence-corrected chi connectivity index (χ0v) is 22.8. The summed E-state index contributed by atoms with van der Waals surface area (Å²) in [5.41, 5.74) is 1.94. The molecule has 2 aliphatic rings. The van der Waals surface area contributed by atoms with Gasteiger partial charge >= 0.3 is 0 Å². The Morgan fingerprint density at radius 2 is 1.81 bits per heavy atom. The van der Waals surface area contributed by atoms with Crippen molar-refractivity contribution in [3.8, 4) is 0 Å². The minimum absolute atomic E-state index is 0.195. The van der Waals surface area contributed by atoms with Crippen LogP contribution in [-0.4, -0.2) is 48.5 Å². The van der Waals surface area contributed by atoms with Gasteiger partial charge in [-0.2, -0.15) is 0 Å². The smallest absolute Gasteiger partial charge is 0.230 e. The van der Waals surface area contributed by atoms with Gasteiger partial charge in [-0.1, -0.05) is 62.9 Å². The summed E-state index contributed by atoms with van der Waals surface area (Å²) in [6.07, 6.45) is 8.56. The Morgan fingerprint density at radius 1 is 1.08 bits per heavy atom. The summed E-state index contributed by atoms with van der Waals surface area (Å²) in [5.74, 6) is 2.33.